The first-order valence-corrected chi connectivity index (χ1v) is 5.80. The van der Waals surface area contributed by atoms with Crippen molar-refractivity contribution in [2.24, 2.45) is 0 Å². The minimum absolute atomic E-state index is 0.301. The van der Waals surface area contributed by atoms with Crippen molar-refractivity contribution < 1.29 is 9.00 Å². The zero-order valence-corrected chi connectivity index (χ0v) is 8.50. The van der Waals surface area contributed by atoms with E-state index in [2.05, 4.69) is 0 Å². The number of nitrogens with zero attached hydrogens (tertiary/aromatic N) is 1. The van der Waals surface area contributed by atoms with E-state index in [1.165, 1.54) is 0 Å². The van der Waals surface area contributed by atoms with Crippen molar-refractivity contribution in [1.29, 1.82) is 4.78 Å². The quantitative estimate of drug-likeness (QED) is 0.763. The topological polar surface area (TPSA) is 61.2 Å². The zero-order chi connectivity index (χ0) is 10.3. The molecule has 1 N–H and O–H groups in total. The summed E-state index contributed by atoms with van der Waals surface area (Å²) in [7, 11) is -3.06. The molecule has 14 heavy (non-hydrogen) atoms. The molecule has 1 aromatic rings. The zero-order valence-electron chi connectivity index (χ0n) is 7.69. The molecule has 1 aliphatic heterocycles. The minimum Gasteiger partial charge on any atom is -0.268 e. The smallest absolute Gasteiger partial charge is 0.267 e. The summed E-state index contributed by atoms with van der Waals surface area (Å²) in [5.74, 6) is -0.303. The molecule has 5 heteroatoms. The highest BCUT2D eigenvalue weighted by Crippen LogP contribution is 2.29. The molecule has 1 aromatic carbocycles. The maximum absolute atomic E-state index is 12.0. The Balaban J connectivity index is 2.74. The van der Waals surface area contributed by atoms with Gasteiger partial charge in [0, 0.05) is 6.54 Å². The van der Waals surface area contributed by atoms with Crippen molar-refractivity contribution in [2.45, 2.75) is 11.8 Å². The van der Waals surface area contributed by atoms with Gasteiger partial charge in [-0.2, -0.15) is 0 Å². The van der Waals surface area contributed by atoms with Gasteiger partial charge in [-0.05, 0) is 19.1 Å². The predicted octanol–water partition coefficient (Wildman–Crippen LogP) is 1.48. The first-order valence-electron chi connectivity index (χ1n) is 4.29. The van der Waals surface area contributed by atoms with Crippen LogP contribution in [0.3, 0.4) is 0 Å². The molecule has 1 atom stereocenters. The third kappa shape index (κ3) is 0.988. The van der Waals surface area contributed by atoms with E-state index in [-0.39, 0.29) is 5.91 Å². The fraction of sp³-hybridized carbons (Fsp3) is 0.222. The maximum Gasteiger partial charge on any atom is 0.267 e. The lowest BCUT2D eigenvalue weighted by Gasteiger charge is -2.13. The molecule has 0 saturated heterocycles. The lowest BCUT2D eigenvalue weighted by molar-refractivity contribution is 0.0878. The molecule has 1 unspecified atom stereocenters. The van der Waals surface area contributed by atoms with Gasteiger partial charge in [-0.25, -0.2) is 13.3 Å². The van der Waals surface area contributed by atoms with Gasteiger partial charge in [0.25, 0.3) is 5.91 Å². The second kappa shape index (κ2) is 2.81. The lowest BCUT2D eigenvalue weighted by Crippen LogP contribution is -2.28. The van der Waals surface area contributed by atoms with Crippen molar-refractivity contribution in [1.82, 2.24) is 4.31 Å². The van der Waals surface area contributed by atoms with Crippen molar-refractivity contribution in [3.8, 4) is 0 Å². The highest BCUT2D eigenvalue weighted by Gasteiger charge is 2.36. The van der Waals surface area contributed by atoms with Crippen LogP contribution in [0.4, 0.5) is 0 Å². The molecule has 4 nitrogen and oxygen atoms in total. The fourth-order valence-corrected chi connectivity index (χ4v) is 3.23. The first kappa shape index (κ1) is 9.21. The van der Waals surface area contributed by atoms with Crippen LogP contribution in [0.5, 0.6) is 0 Å². The Morgan fingerprint density at radius 3 is 2.64 bits per heavy atom. The second-order valence-electron chi connectivity index (χ2n) is 3.02. The van der Waals surface area contributed by atoms with E-state index in [0.29, 0.717) is 17.0 Å². The van der Waals surface area contributed by atoms with E-state index in [1.807, 2.05) is 0 Å². The summed E-state index contributed by atoms with van der Waals surface area (Å²) in [5, 5.41) is 0. The maximum atomic E-state index is 12.0. The van der Waals surface area contributed by atoms with Crippen molar-refractivity contribution >= 4 is 15.8 Å². The van der Waals surface area contributed by atoms with Crippen LogP contribution in [-0.2, 0) is 9.92 Å². The molecule has 0 spiro atoms. The van der Waals surface area contributed by atoms with Crippen molar-refractivity contribution in [2.75, 3.05) is 6.54 Å². The monoisotopic (exact) mass is 210 g/mol. The predicted molar refractivity (Wildman–Crippen MR) is 52.3 cm³/mol. The number of benzene rings is 1. The highest BCUT2D eigenvalue weighted by molar-refractivity contribution is 7.91. The van der Waals surface area contributed by atoms with Gasteiger partial charge in [0.15, 0.2) is 9.92 Å². The van der Waals surface area contributed by atoms with Crippen LogP contribution >= 0.6 is 0 Å². The summed E-state index contributed by atoms with van der Waals surface area (Å²) >= 11 is 0. The molecule has 0 saturated carbocycles. The van der Waals surface area contributed by atoms with Gasteiger partial charge in [0.1, 0.15) is 0 Å². The normalized spacial score (nSPS) is 25.2. The van der Waals surface area contributed by atoms with Crippen LogP contribution < -0.4 is 0 Å². The Bertz CT molecular complexity index is 493. The summed E-state index contributed by atoms with van der Waals surface area (Å²) < 4.78 is 20.8. The largest absolute Gasteiger partial charge is 0.268 e. The van der Waals surface area contributed by atoms with Gasteiger partial charge in [0.05, 0.1) is 10.5 Å². The molecule has 0 fully saturated rings. The average molecular weight is 210 g/mol. The van der Waals surface area contributed by atoms with E-state index >= 15 is 0 Å². The summed E-state index contributed by atoms with van der Waals surface area (Å²) in [5.41, 5.74) is 0.398. The van der Waals surface area contributed by atoms with Gasteiger partial charge in [0.2, 0.25) is 0 Å². The number of hydrogen-bond donors (Lipinski definition) is 1. The molecule has 1 amide bonds. The van der Waals surface area contributed by atoms with Crippen molar-refractivity contribution in [3.63, 3.8) is 0 Å². The molecule has 2 rings (SSSR count). The standard InChI is InChI=1S/C9H10N2O2S/c1-2-11-9(12)7-5-3-4-6-8(7)14(11,10)13/h3-6,10H,2H2,1H3. The number of carbonyl (C=O) groups is 1. The molecule has 74 valence electrons. The Morgan fingerprint density at radius 2 is 2.07 bits per heavy atom. The van der Waals surface area contributed by atoms with Crippen molar-refractivity contribution in [3.05, 3.63) is 29.8 Å². The van der Waals surface area contributed by atoms with E-state index in [0.717, 1.165) is 4.31 Å². The summed E-state index contributed by atoms with van der Waals surface area (Å²) in [4.78, 5) is 12.0. The Morgan fingerprint density at radius 1 is 1.43 bits per heavy atom. The number of fused-ring (bicyclic) bond motifs is 1. The third-order valence-corrected chi connectivity index (χ3v) is 4.24. The second-order valence-corrected chi connectivity index (χ2v) is 4.95. The molecule has 0 bridgehead atoms. The lowest BCUT2D eigenvalue weighted by atomic mass is 10.2. The number of hydrogen-bond acceptors (Lipinski definition) is 3. The number of nitrogens with one attached hydrogen (secondary N) is 1. The molecule has 1 heterocycles. The number of rotatable bonds is 1. The highest BCUT2D eigenvalue weighted by atomic mass is 32.2. The summed E-state index contributed by atoms with van der Waals surface area (Å²) in [6, 6.07) is 6.60. The molecular weight excluding hydrogens is 200 g/mol. The Kier molecular flexibility index (Phi) is 1.85. The SMILES string of the molecule is CCN1C(=O)c2ccccc2S1(=N)=O. The van der Waals surface area contributed by atoms with E-state index in [9.17, 15) is 9.00 Å². The van der Waals surface area contributed by atoms with Crippen LogP contribution in [-0.4, -0.2) is 21.0 Å². The van der Waals surface area contributed by atoms with Crippen LogP contribution in [0, 0.1) is 4.78 Å². The van der Waals surface area contributed by atoms with Gasteiger partial charge >= 0.3 is 0 Å². The molecule has 1 aliphatic rings. The average Bonchev–Trinajstić information content (AvgIpc) is 2.36. The Labute approximate surface area is 82.6 Å². The summed E-state index contributed by atoms with van der Waals surface area (Å²) in [6.07, 6.45) is 0. The Hall–Kier alpha value is -1.36. The van der Waals surface area contributed by atoms with Gasteiger partial charge < -0.3 is 0 Å². The first-order chi connectivity index (χ1) is 6.59. The number of amides is 1. The molecule has 0 aromatic heterocycles. The van der Waals surface area contributed by atoms with Gasteiger partial charge in [-0.15, -0.1) is 0 Å². The summed E-state index contributed by atoms with van der Waals surface area (Å²) in [6.45, 7) is 2.02. The van der Waals surface area contributed by atoms with E-state index < -0.39 is 9.92 Å². The van der Waals surface area contributed by atoms with Crippen LogP contribution in [0.2, 0.25) is 0 Å². The molecule has 0 radical (unpaired) electrons. The van der Waals surface area contributed by atoms with Gasteiger partial charge in [-0.3, -0.25) is 4.79 Å². The molecule has 0 aliphatic carbocycles. The molecular formula is C9H10N2O2S. The fourth-order valence-electron chi connectivity index (χ4n) is 1.58. The van der Waals surface area contributed by atoms with Gasteiger partial charge in [-0.1, -0.05) is 12.1 Å². The minimum atomic E-state index is -3.06. The van der Waals surface area contributed by atoms with E-state index in [1.54, 1.807) is 31.2 Å². The third-order valence-electron chi connectivity index (χ3n) is 2.24. The number of carbonyl (C=O) groups excluding carboxylic acids is 1. The van der Waals surface area contributed by atoms with Crippen LogP contribution in [0.15, 0.2) is 29.2 Å². The van der Waals surface area contributed by atoms with E-state index in [4.69, 9.17) is 4.78 Å². The van der Waals surface area contributed by atoms with Crippen LogP contribution in [0.1, 0.15) is 17.3 Å². The van der Waals surface area contributed by atoms with Crippen LogP contribution in [0.25, 0.3) is 0 Å².